The van der Waals surface area contributed by atoms with Gasteiger partial charge >= 0.3 is 0 Å². The zero-order chi connectivity index (χ0) is 18.9. The monoisotopic (exact) mass is 416 g/mol. The Morgan fingerprint density at radius 3 is 2.88 bits per heavy atom. The first-order valence-electron chi connectivity index (χ1n) is 8.65. The fourth-order valence-electron chi connectivity index (χ4n) is 2.67. The number of halogens is 1. The summed E-state index contributed by atoms with van der Waals surface area (Å²) in [4.78, 5) is 25.9. The predicted molar refractivity (Wildman–Crippen MR) is 111 cm³/mol. The molecule has 8 heteroatoms. The van der Waals surface area contributed by atoms with Gasteiger partial charge in [0, 0.05) is 29.5 Å². The molecule has 2 rings (SSSR count). The van der Waals surface area contributed by atoms with E-state index in [1.54, 1.807) is 25.2 Å². The quantitative estimate of drug-likeness (QED) is 0.475. The summed E-state index contributed by atoms with van der Waals surface area (Å²) in [5.41, 5.74) is 0.498. The first-order chi connectivity index (χ1) is 12.5. The maximum atomic E-state index is 12.2. The topological polar surface area (TPSA) is 58.6 Å². The molecule has 0 unspecified atom stereocenters. The molecular formula is C18H25ClN2O3S2. The average molecular weight is 417 g/mol. The number of carbonyl (C=O) groups is 2. The van der Waals surface area contributed by atoms with Crippen molar-refractivity contribution in [2.45, 2.75) is 37.4 Å². The zero-order valence-electron chi connectivity index (χ0n) is 15.1. The van der Waals surface area contributed by atoms with Crippen LogP contribution in [0, 0.1) is 0 Å². The van der Waals surface area contributed by atoms with Gasteiger partial charge in [-0.05, 0) is 37.5 Å². The molecule has 1 atom stereocenters. The molecule has 1 fully saturated rings. The van der Waals surface area contributed by atoms with Crippen molar-refractivity contribution in [2.75, 3.05) is 31.8 Å². The number of anilines is 1. The largest absolute Gasteiger partial charge is 0.495 e. The molecule has 0 radical (unpaired) electrons. The number of nitrogens with zero attached hydrogens (tertiary/aromatic N) is 1. The Balaban J connectivity index is 1.71. The van der Waals surface area contributed by atoms with Gasteiger partial charge in [-0.2, -0.15) is 0 Å². The van der Waals surface area contributed by atoms with Gasteiger partial charge in [0.15, 0.2) is 0 Å². The molecule has 1 aromatic rings. The minimum absolute atomic E-state index is 0.00359. The number of rotatable bonds is 9. The number of nitrogens with one attached hydrogen (secondary N) is 1. The highest BCUT2D eigenvalue weighted by Gasteiger charge is 2.17. The van der Waals surface area contributed by atoms with Crippen LogP contribution >= 0.6 is 33.2 Å². The molecule has 144 valence electrons. The molecule has 1 heterocycles. The number of methoxy groups -OCH3 is 1. The van der Waals surface area contributed by atoms with Gasteiger partial charge in [0.2, 0.25) is 11.8 Å². The van der Waals surface area contributed by atoms with Crippen LogP contribution in [0.1, 0.15) is 32.1 Å². The lowest BCUT2D eigenvalue weighted by Gasteiger charge is -2.18. The van der Waals surface area contributed by atoms with Gasteiger partial charge in [0.1, 0.15) is 5.75 Å². The van der Waals surface area contributed by atoms with Gasteiger partial charge in [-0.1, -0.05) is 39.6 Å². The molecular weight excluding hydrogens is 392 g/mol. The molecule has 0 saturated carbocycles. The SMILES string of the molecule is COc1ccc(Cl)cc1NC(=O)CN(C)C(=O)CCCC[C@@H]1CCSS1. The minimum atomic E-state index is -0.277. The molecule has 1 aromatic carbocycles. The van der Waals surface area contributed by atoms with Crippen LogP contribution in [0.2, 0.25) is 5.02 Å². The van der Waals surface area contributed by atoms with Gasteiger partial charge in [-0.25, -0.2) is 0 Å². The fourth-order valence-corrected chi connectivity index (χ4v) is 5.87. The van der Waals surface area contributed by atoms with Crippen molar-refractivity contribution < 1.29 is 14.3 Å². The Morgan fingerprint density at radius 1 is 1.38 bits per heavy atom. The number of carbonyl (C=O) groups excluding carboxylic acids is 2. The number of unbranched alkanes of at least 4 members (excludes halogenated alkanes) is 1. The number of likely N-dealkylation sites (N-methyl/N-ethyl adjacent to an activating group) is 1. The lowest BCUT2D eigenvalue weighted by Crippen LogP contribution is -2.34. The van der Waals surface area contributed by atoms with Crippen molar-refractivity contribution in [3.05, 3.63) is 23.2 Å². The predicted octanol–water partition coefficient (Wildman–Crippen LogP) is 4.46. The Hall–Kier alpha value is -1.05. The van der Waals surface area contributed by atoms with Crippen LogP contribution < -0.4 is 10.1 Å². The van der Waals surface area contributed by atoms with Crippen molar-refractivity contribution in [3.8, 4) is 5.75 Å². The smallest absolute Gasteiger partial charge is 0.244 e. The molecule has 1 N–H and O–H groups in total. The van der Waals surface area contributed by atoms with Crippen molar-refractivity contribution in [3.63, 3.8) is 0 Å². The first-order valence-corrected chi connectivity index (χ1v) is 11.4. The third-order valence-electron chi connectivity index (χ3n) is 4.14. The minimum Gasteiger partial charge on any atom is -0.495 e. The van der Waals surface area contributed by atoms with Crippen LogP contribution in [0.5, 0.6) is 5.75 Å². The second kappa shape index (κ2) is 10.9. The van der Waals surface area contributed by atoms with Crippen LogP contribution in [-0.2, 0) is 9.59 Å². The number of hydrogen-bond acceptors (Lipinski definition) is 5. The summed E-state index contributed by atoms with van der Waals surface area (Å²) in [6.07, 6.45) is 4.85. The third-order valence-corrected chi connectivity index (χ3v) is 7.38. The number of benzene rings is 1. The van der Waals surface area contributed by atoms with E-state index in [1.165, 1.54) is 30.6 Å². The lowest BCUT2D eigenvalue weighted by atomic mass is 10.1. The highest BCUT2D eigenvalue weighted by Crippen LogP contribution is 2.39. The third kappa shape index (κ3) is 6.93. The molecule has 0 aliphatic carbocycles. The highest BCUT2D eigenvalue weighted by molar-refractivity contribution is 8.77. The summed E-state index contributed by atoms with van der Waals surface area (Å²) in [7, 11) is 7.09. The summed E-state index contributed by atoms with van der Waals surface area (Å²) >= 11 is 5.96. The lowest BCUT2D eigenvalue weighted by molar-refractivity contribution is -0.133. The van der Waals surface area contributed by atoms with Gasteiger partial charge in [0.25, 0.3) is 0 Å². The van der Waals surface area contributed by atoms with E-state index < -0.39 is 0 Å². The van der Waals surface area contributed by atoms with E-state index >= 15 is 0 Å². The maximum absolute atomic E-state index is 12.2. The summed E-state index contributed by atoms with van der Waals surface area (Å²) in [5, 5.41) is 3.99. The van der Waals surface area contributed by atoms with Crippen LogP contribution in [0.3, 0.4) is 0 Å². The fraction of sp³-hybridized carbons (Fsp3) is 0.556. The molecule has 1 saturated heterocycles. The van der Waals surface area contributed by atoms with E-state index in [2.05, 4.69) is 5.32 Å². The van der Waals surface area contributed by atoms with E-state index in [0.29, 0.717) is 22.9 Å². The molecule has 0 bridgehead atoms. The number of amides is 2. The van der Waals surface area contributed by atoms with Crippen LogP contribution in [-0.4, -0.2) is 48.4 Å². The van der Waals surface area contributed by atoms with Crippen molar-refractivity contribution in [1.82, 2.24) is 4.90 Å². The number of hydrogen-bond donors (Lipinski definition) is 1. The molecule has 5 nitrogen and oxygen atoms in total. The molecule has 1 aliphatic rings. The number of ether oxygens (including phenoxy) is 1. The van der Waals surface area contributed by atoms with Crippen LogP contribution in [0.15, 0.2) is 18.2 Å². The van der Waals surface area contributed by atoms with Crippen LogP contribution in [0.25, 0.3) is 0 Å². The summed E-state index contributed by atoms with van der Waals surface area (Å²) in [5.74, 6) is 1.48. The van der Waals surface area contributed by atoms with Gasteiger partial charge in [-0.3, -0.25) is 9.59 Å². The van der Waals surface area contributed by atoms with Gasteiger partial charge in [0.05, 0.1) is 19.3 Å². The summed E-state index contributed by atoms with van der Waals surface area (Å²) < 4.78 is 5.20. The highest BCUT2D eigenvalue weighted by atomic mass is 35.5. The molecule has 0 aromatic heterocycles. The van der Waals surface area contributed by atoms with E-state index in [1.807, 2.05) is 21.6 Å². The van der Waals surface area contributed by atoms with Crippen molar-refractivity contribution in [1.29, 1.82) is 0 Å². The summed E-state index contributed by atoms with van der Waals surface area (Å²) in [6, 6.07) is 5.00. The Bertz CT molecular complexity index is 624. The maximum Gasteiger partial charge on any atom is 0.244 e. The molecule has 26 heavy (non-hydrogen) atoms. The van der Waals surface area contributed by atoms with Crippen molar-refractivity contribution in [2.24, 2.45) is 0 Å². The van der Waals surface area contributed by atoms with E-state index in [-0.39, 0.29) is 18.4 Å². The Morgan fingerprint density at radius 2 is 2.19 bits per heavy atom. The van der Waals surface area contributed by atoms with Gasteiger partial charge < -0.3 is 15.0 Å². The second-order valence-electron chi connectivity index (χ2n) is 6.22. The second-order valence-corrected chi connectivity index (χ2v) is 9.44. The van der Waals surface area contributed by atoms with E-state index in [4.69, 9.17) is 16.3 Å². The molecule has 0 spiro atoms. The average Bonchev–Trinajstić information content (AvgIpc) is 3.12. The van der Waals surface area contributed by atoms with E-state index in [9.17, 15) is 9.59 Å². The first kappa shape index (κ1) is 21.3. The van der Waals surface area contributed by atoms with Gasteiger partial charge in [-0.15, -0.1) is 0 Å². The van der Waals surface area contributed by atoms with E-state index in [0.717, 1.165) is 18.1 Å². The Kier molecular flexibility index (Phi) is 8.95. The Labute approximate surface area is 168 Å². The summed E-state index contributed by atoms with van der Waals surface area (Å²) in [6.45, 7) is 0.00359. The van der Waals surface area contributed by atoms with Crippen molar-refractivity contribution >= 4 is 50.7 Å². The molecule has 1 aliphatic heterocycles. The normalized spacial score (nSPS) is 16.3. The molecule has 2 amide bonds. The zero-order valence-corrected chi connectivity index (χ0v) is 17.5. The standard InChI is InChI=1S/C18H25ClN2O3S2/c1-21(18(23)6-4-3-5-14-9-10-25-26-14)12-17(22)20-15-11-13(19)7-8-16(15)24-2/h7-8,11,14H,3-6,9-10,12H2,1-2H3,(H,20,22)/t14-/m1/s1. The van der Waals surface area contributed by atoms with Crippen LogP contribution in [0.4, 0.5) is 5.69 Å².